The van der Waals surface area contributed by atoms with E-state index in [9.17, 15) is 9.18 Å². The van der Waals surface area contributed by atoms with E-state index in [0.29, 0.717) is 40.6 Å². The molecule has 2 aromatic rings. The fourth-order valence-corrected chi connectivity index (χ4v) is 3.19. The van der Waals surface area contributed by atoms with Gasteiger partial charge in [-0.3, -0.25) is 4.79 Å². The molecule has 3 rings (SSSR count). The van der Waals surface area contributed by atoms with Crippen molar-refractivity contribution in [1.82, 2.24) is 4.98 Å². The van der Waals surface area contributed by atoms with Crippen LogP contribution in [0.2, 0.25) is 0 Å². The Morgan fingerprint density at radius 3 is 3.10 bits per heavy atom. The van der Waals surface area contributed by atoms with Gasteiger partial charge in [0.2, 0.25) is 5.78 Å². The number of anilines is 1. The summed E-state index contributed by atoms with van der Waals surface area (Å²) in [6.45, 7) is 0.970. The maximum Gasteiger partial charge on any atom is 0.204 e. The molecular weight excluding hydrogens is 289 g/mol. The van der Waals surface area contributed by atoms with Gasteiger partial charge in [-0.2, -0.15) is 5.26 Å². The fourth-order valence-electron chi connectivity index (χ4n) is 2.28. The zero-order chi connectivity index (χ0) is 14.8. The van der Waals surface area contributed by atoms with Gasteiger partial charge in [0.1, 0.15) is 6.17 Å². The van der Waals surface area contributed by atoms with E-state index in [1.807, 2.05) is 11.0 Å². The number of alkyl halides is 1. The molecule has 1 fully saturated rings. The standard InChI is InChI=1S/C15H12FN3OS/c16-12-4-5-19(9-12)15-18-8-13(21-15)14(20)11-3-1-2-10(6-11)7-17/h1-3,6,8,12H,4-5,9H2/t12-/m0/s1. The molecule has 0 radical (unpaired) electrons. The summed E-state index contributed by atoms with van der Waals surface area (Å²) in [6.07, 6.45) is 1.21. The first kappa shape index (κ1) is 13.7. The Labute approximate surface area is 125 Å². The first-order valence-electron chi connectivity index (χ1n) is 6.57. The second-order valence-electron chi connectivity index (χ2n) is 4.86. The molecule has 21 heavy (non-hydrogen) atoms. The van der Waals surface area contributed by atoms with Crippen molar-refractivity contribution in [3.8, 4) is 6.07 Å². The molecule has 1 atom stereocenters. The van der Waals surface area contributed by atoms with Crippen LogP contribution in [0.5, 0.6) is 0 Å². The molecule has 0 amide bonds. The number of rotatable bonds is 3. The maximum atomic E-state index is 13.2. The van der Waals surface area contributed by atoms with Gasteiger partial charge in [0.25, 0.3) is 0 Å². The van der Waals surface area contributed by atoms with Crippen molar-refractivity contribution in [2.75, 3.05) is 18.0 Å². The predicted molar refractivity (Wildman–Crippen MR) is 78.4 cm³/mol. The van der Waals surface area contributed by atoms with E-state index in [4.69, 9.17) is 5.26 Å². The number of hydrogen-bond acceptors (Lipinski definition) is 5. The molecule has 1 aromatic heterocycles. The number of halogens is 1. The molecule has 0 bridgehead atoms. The van der Waals surface area contributed by atoms with Gasteiger partial charge in [-0.25, -0.2) is 9.37 Å². The minimum atomic E-state index is -0.819. The highest BCUT2D eigenvalue weighted by molar-refractivity contribution is 7.17. The van der Waals surface area contributed by atoms with Gasteiger partial charge in [-0.1, -0.05) is 23.5 Å². The third kappa shape index (κ3) is 2.78. The SMILES string of the molecule is N#Cc1cccc(C(=O)c2cnc(N3CC[C@H](F)C3)s2)c1. The molecule has 0 N–H and O–H groups in total. The second kappa shape index (κ2) is 5.62. The maximum absolute atomic E-state index is 13.2. The summed E-state index contributed by atoms with van der Waals surface area (Å²) >= 11 is 1.26. The molecule has 1 aromatic carbocycles. The summed E-state index contributed by atoms with van der Waals surface area (Å²) in [5.41, 5.74) is 0.916. The van der Waals surface area contributed by atoms with E-state index < -0.39 is 6.17 Å². The van der Waals surface area contributed by atoms with Gasteiger partial charge < -0.3 is 4.90 Å². The zero-order valence-electron chi connectivity index (χ0n) is 11.1. The van der Waals surface area contributed by atoms with Crippen LogP contribution in [0.25, 0.3) is 0 Å². The molecule has 4 nitrogen and oxygen atoms in total. The number of carbonyl (C=O) groups excluding carboxylic acids is 1. The highest BCUT2D eigenvalue weighted by atomic mass is 32.1. The Kier molecular flexibility index (Phi) is 3.67. The third-order valence-electron chi connectivity index (χ3n) is 3.37. The summed E-state index contributed by atoms with van der Waals surface area (Å²) in [6, 6.07) is 8.59. The zero-order valence-corrected chi connectivity index (χ0v) is 11.9. The highest BCUT2D eigenvalue weighted by Crippen LogP contribution is 2.28. The highest BCUT2D eigenvalue weighted by Gasteiger charge is 2.25. The third-order valence-corrected chi connectivity index (χ3v) is 4.43. The van der Waals surface area contributed by atoms with Crippen LogP contribution in [0.4, 0.5) is 9.52 Å². The van der Waals surface area contributed by atoms with Gasteiger partial charge in [0, 0.05) is 12.1 Å². The van der Waals surface area contributed by atoms with E-state index in [0.717, 1.165) is 0 Å². The Morgan fingerprint density at radius 1 is 1.52 bits per heavy atom. The minimum Gasteiger partial charge on any atom is -0.345 e. The van der Waals surface area contributed by atoms with Crippen LogP contribution in [0.3, 0.4) is 0 Å². The number of aromatic nitrogens is 1. The fraction of sp³-hybridized carbons (Fsp3) is 0.267. The van der Waals surface area contributed by atoms with E-state index in [1.165, 1.54) is 17.5 Å². The van der Waals surface area contributed by atoms with E-state index in [-0.39, 0.29) is 5.78 Å². The molecule has 6 heteroatoms. The van der Waals surface area contributed by atoms with Crippen molar-refractivity contribution in [2.45, 2.75) is 12.6 Å². The van der Waals surface area contributed by atoms with Crippen molar-refractivity contribution in [3.05, 3.63) is 46.5 Å². The molecule has 0 unspecified atom stereocenters. The average Bonchev–Trinajstić information content (AvgIpc) is 3.15. The first-order valence-corrected chi connectivity index (χ1v) is 7.39. The van der Waals surface area contributed by atoms with Crippen LogP contribution in [-0.4, -0.2) is 30.0 Å². The smallest absolute Gasteiger partial charge is 0.204 e. The summed E-state index contributed by atoms with van der Waals surface area (Å²) in [7, 11) is 0. The second-order valence-corrected chi connectivity index (χ2v) is 5.87. The first-order chi connectivity index (χ1) is 10.2. The lowest BCUT2D eigenvalue weighted by Gasteiger charge is -2.12. The van der Waals surface area contributed by atoms with Gasteiger partial charge in [0.15, 0.2) is 5.13 Å². The molecular formula is C15H12FN3OS. The van der Waals surface area contributed by atoms with Crippen LogP contribution in [0.1, 0.15) is 27.2 Å². The van der Waals surface area contributed by atoms with Crippen molar-refractivity contribution < 1.29 is 9.18 Å². The quantitative estimate of drug-likeness (QED) is 0.818. The molecule has 0 aliphatic carbocycles. The number of carbonyl (C=O) groups is 1. The summed E-state index contributed by atoms with van der Waals surface area (Å²) < 4.78 is 13.2. The van der Waals surface area contributed by atoms with Gasteiger partial charge >= 0.3 is 0 Å². The number of ketones is 1. The number of nitriles is 1. The Bertz CT molecular complexity index is 722. The van der Waals surface area contributed by atoms with Crippen molar-refractivity contribution >= 4 is 22.3 Å². The Morgan fingerprint density at radius 2 is 2.38 bits per heavy atom. The largest absolute Gasteiger partial charge is 0.345 e. The molecule has 1 aliphatic heterocycles. The monoisotopic (exact) mass is 301 g/mol. The Balaban J connectivity index is 1.82. The van der Waals surface area contributed by atoms with Crippen LogP contribution in [-0.2, 0) is 0 Å². The van der Waals surface area contributed by atoms with Crippen LogP contribution in [0, 0.1) is 11.3 Å². The van der Waals surface area contributed by atoms with Crippen molar-refractivity contribution in [3.63, 3.8) is 0 Å². The van der Waals surface area contributed by atoms with Gasteiger partial charge in [-0.05, 0) is 18.6 Å². The lowest BCUT2D eigenvalue weighted by atomic mass is 10.1. The summed E-state index contributed by atoms with van der Waals surface area (Å²) in [5, 5.41) is 9.55. The molecule has 0 saturated carbocycles. The normalized spacial score (nSPS) is 17.7. The summed E-state index contributed by atoms with van der Waals surface area (Å²) in [5.74, 6) is -0.160. The van der Waals surface area contributed by atoms with E-state index in [2.05, 4.69) is 4.98 Å². The average molecular weight is 301 g/mol. The Hall–Kier alpha value is -2.26. The van der Waals surface area contributed by atoms with Crippen LogP contribution >= 0.6 is 11.3 Å². The molecule has 0 spiro atoms. The number of thiazole rings is 1. The molecule has 1 saturated heterocycles. The topological polar surface area (TPSA) is 57.0 Å². The molecule has 2 heterocycles. The van der Waals surface area contributed by atoms with Gasteiger partial charge in [-0.15, -0.1) is 0 Å². The number of nitrogens with zero attached hydrogens (tertiary/aromatic N) is 3. The lowest BCUT2D eigenvalue weighted by molar-refractivity contribution is 0.104. The predicted octanol–water partition coefficient (Wildman–Crippen LogP) is 2.79. The molecule has 1 aliphatic rings. The lowest BCUT2D eigenvalue weighted by Crippen LogP contribution is -2.19. The van der Waals surface area contributed by atoms with Crippen molar-refractivity contribution in [1.29, 1.82) is 5.26 Å². The number of benzene rings is 1. The summed E-state index contributed by atoms with van der Waals surface area (Å²) in [4.78, 5) is 19.0. The van der Waals surface area contributed by atoms with Crippen LogP contribution < -0.4 is 4.90 Å². The van der Waals surface area contributed by atoms with E-state index >= 15 is 0 Å². The van der Waals surface area contributed by atoms with Crippen LogP contribution in [0.15, 0.2) is 30.5 Å². The number of hydrogen-bond donors (Lipinski definition) is 0. The van der Waals surface area contributed by atoms with E-state index in [1.54, 1.807) is 24.3 Å². The minimum absolute atomic E-state index is 0.160. The molecule has 106 valence electrons. The van der Waals surface area contributed by atoms with Crippen molar-refractivity contribution in [2.24, 2.45) is 0 Å². The van der Waals surface area contributed by atoms with Gasteiger partial charge in [0.05, 0.1) is 29.3 Å².